The second kappa shape index (κ2) is 5.22. The first kappa shape index (κ1) is 10.5. The number of aliphatic hydroxyl groups is 1. The number of nitrogens with one attached hydrogen (secondary N) is 1. The van der Waals surface area contributed by atoms with Gasteiger partial charge < -0.3 is 10.4 Å². The molecular weight excluding hydrogens is 166 g/mol. The Balaban J connectivity index is 2.12. The maximum Gasteiger partial charge on any atom is 0.219 e. The molecule has 1 aliphatic rings. The summed E-state index contributed by atoms with van der Waals surface area (Å²) < 4.78 is 0. The Hall–Kier alpha value is -0.570. The lowest BCUT2D eigenvalue weighted by Gasteiger charge is -2.25. The number of rotatable bonds is 3. The fourth-order valence-corrected chi connectivity index (χ4v) is 1.73. The van der Waals surface area contributed by atoms with Gasteiger partial charge in [-0.25, -0.2) is 0 Å². The van der Waals surface area contributed by atoms with E-state index in [2.05, 4.69) is 5.32 Å². The lowest BCUT2D eigenvalue weighted by Crippen LogP contribution is -2.31. The Labute approximate surface area is 79.5 Å². The molecule has 0 aromatic heterocycles. The Morgan fingerprint density at radius 2 is 2.00 bits per heavy atom. The molecule has 0 saturated heterocycles. The average Bonchev–Trinajstić information content (AvgIpc) is 2.16. The molecule has 0 aromatic carbocycles. The van der Waals surface area contributed by atoms with Crippen LogP contribution in [-0.2, 0) is 4.79 Å². The number of hydrogen-bond donors (Lipinski definition) is 2. The van der Waals surface area contributed by atoms with Crippen molar-refractivity contribution >= 4 is 5.91 Å². The first-order valence-corrected chi connectivity index (χ1v) is 5.17. The minimum Gasteiger partial charge on any atom is -0.393 e. The summed E-state index contributed by atoms with van der Waals surface area (Å²) in [5.74, 6) is 0.713. The zero-order valence-corrected chi connectivity index (χ0v) is 8.25. The van der Waals surface area contributed by atoms with Crippen LogP contribution in [-0.4, -0.2) is 23.7 Å². The van der Waals surface area contributed by atoms with E-state index in [0.29, 0.717) is 12.3 Å². The van der Waals surface area contributed by atoms with E-state index in [1.807, 2.05) is 6.92 Å². The fourth-order valence-electron chi connectivity index (χ4n) is 1.73. The smallest absolute Gasteiger partial charge is 0.219 e. The van der Waals surface area contributed by atoms with Gasteiger partial charge in [-0.3, -0.25) is 4.79 Å². The summed E-state index contributed by atoms with van der Waals surface area (Å²) in [5.41, 5.74) is 0. The molecule has 0 aliphatic heterocycles. The van der Waals surface area contributed by atoms with E-state index < -0.39 is 0 Å². The molecular formula is C10H19NO2. The van der Waals surface area contributed by atoms with Crippen molar-refractivity contribution in [2.24, 2.45) is 5.92 Å². The van der Waals surface area contributed by atoms with Crippen molar-refractivity contribution < 1.29 is 9.90 Å². The van der Waals surface area contributed by atoms with Gasteiger partial charge in [0, 0.05) is 13.0 Å². The monoisotopic (exact) mass is 185 g/mol. The van der Waals surface area contributed by atoms with E-state index >= 15 is 0 Å². The predicted molar refractivity (Wildman–Crippen MR) is 51.3 cm³/mol. The number of amides is 1. The van der Waals surface area contributed by atoms with Crippen molar-refractivity contribution in [1.82, 2.24) is 5.32 Å². The van der Waals surface area contributed by atoms with Crippen LogP contribution in [0.4, 0.5) is 0 Å². The van der Waals surface area contributed by atoms with E-state index in [1.165, 1.54) is 0 Å². The predicted octanol–water partition coefficient (Wildman–Crippen LogP) is 1.06. The molecule has 0 spiro atoms. The number of aliphatic hydroxyl groups excluding tert-OH is 1. The summed E-state index contributed by atoms with van der Waals surface area (Å²) in [4.78, 5) is 11.0. The van der Waals surface area contributed by atoms with Crippen molar-refractivity contribution in [3.8, 4) is 0 Å². The molecule has 1 aliphatic carbocycles. The second-order valence-corrected chi connectivity index (χ2v) is 3.83. The quantitative estimate of drug-likeness (QED) is 0.691. The van der Waals surface area contributed by atoms with Crippen LogP contribution in [0.3, 0.4) is 0 Å². The highest BCUT2D eigenvalue weighted by Crippen LogP contribution is 2.23. The molecule has 76 valence electrons. The highest BCUT2D eigenvalue weighted by molar-refractivity contribution is 5.75. The van der Waals surface area contributed by atoms with Crippen LogP contribution < -0.4 is 5.32 Å². The highest BCUT2D eigenvalue weighted by Gasteiger charge is 2.19. The van der Waals surface area contributed by atoms with Crippen LogP contribution in [0, 0.1) is 5.92 Å². The molecule has 1 fully saturated rings. The summed E-state index contributed by atoms with van der Waals surface area (Å²) in [7, 11) is 0. The van der Waals surface area contributed by atoms with Crippen molar-refractivity contribution in [2.45, 2.75) is 45.1 Å². The SMILES string of the molecule is CCC(=O)NCC1CCC(O)CC1. The van der Waals surface area contributed by atoms with Gasteiger partial charge in [-0.1, -0.05) is 6.92 Å². The maximum absolute atomic E-state index is 11.0. The molecule has 13 heavy (non-hydrogen) atoms. The molecule has 3 heteroatoms. The summed E-state index contributed by atoms with van der Waals surface area (Å²) in [6, 6.07) is 0. The zero-order valence-electron chi connectivity index (χ0n) is 8.25. The molecule has 0 radical (unpaired) electrons. The molecule has 3 nitrogen and oxygen atoms in total. The maximum atomic E-state index is 11.0. The van der Waals surface area contributed by atoms with Gasteiger partial charge in [0.25, 0.3) is 0 Å². The van der Waals surface area contributed by atoms with Gasteiger partial charge in [-0.15, -0.1) is 0 Å². The van der Waals surface area contributed by atoms with Crippen molar-refractivity contribution in [2.75, 3.05) is 6.54 Å². The number of hydrogen-bond acceptors (Lipinski definition) is 2. The summed E-state index contributed by atoms with van der Waals surface area (Å²) in [6.45, 7) is 2.65. The molecule has 2 N–H and O–H groups in total. The van der Waals surface area contributed by atoms with E-state index in [1.54, 1.807) is 0 Å². The Morgan fingerprint density at radius 3 is 2.54 bits per heavy atom. The highest BCUT2D eigenvalue weighted by atomic mass is 16.3. The largest absolute Gasteiger partial charge is 0.393 e. The Kier molecular flexibility index (Phi) is 4.22. The molecule has 0 heterocycles. The molecule has 0 aromatic rings. The third-order valence-corrected chi connectivity index (χ3v) is 2.73. The molecule has 0 unspecified atom stereocenters. The normalized spacial score (nSPS) is 28.5. The molecule has 1 amide bonds. The minimum atomic E-state index is -0.0990. The third kappa shape index (κ3) is 3.77. The summed E-state index contributed by atoms with van der Waals surface area (Å²) >= 11 is 0. The molecule has 1 saturated carbocycles. The van der Waals surface area contributed by atoms with Crippen LogP contribution in [0.15, 0.2) is 0 Å². The van der Waals surface area contributed by atoms with Gasteiger partial charge >= 0.3 is 0 Å². The third-order valence-electron chi connectivity index (χ3n) is 2.73. The minimum absolute atomic E-state index is 0.0990. The lowest BCUT2D eigenvalue weighted by atomic mass is 9.87. The van der Waals surface area contributed by atoms with E-state index in [4.69, 9.17) is 0 Å². The molecule has 0 atom stereocenters. The number of carbonyl (C=O) groups excluding carboxylic acids is 1. The van der Waals surface area contributed by atoms with Gasteiger partial charge in [-0.05, 0) is 31.6 Å². The van der Waals surface area contributed by atoms with Gasteiger partial charge in [-0.2, -0.15) is 0 Å². The van der Waals surface area contributed by atoms with Crippen molar-refractivity contribution in [3.05, 3.63) is 0 Å². The van der Waals surface area contributed by atoms with Crippen LogP contribution >= 0.6 is 0 Å². The van der Waals surface area contributed by atoms with Crippen LogP contribution in [0.25, 0.3) is 0 Å². The van der Waals surface area contributed by atoms with Gasteiger partial charge in [0.15, 0.2) is 0 Å². The first-order valence-electron chi connectivity index (χ1n) is 5.17. The topological polar surface area (TPSA) is 49.3 Å². The van der Waals surface area contributed by atoms with Crippen molar-refractivity contribution in [1.29, 1.82) is 0 Å². The van der Waals surface area contributed by atoms with Crippen LogP contribution in [0.5, 0.6) is 0 Å². The van der Waals surface area contributed by atoms with Crippen LogP contribution in [0.2, 0.25) is 0 Å². The Morgan fingerprint density at radius 1 is 1.38 bits per heavy atom. The second-order valence-electron chi connectivity index (χ2n) is 3.83. The lowest BCUT2D eigenvalue weighted by molar-refractivity contribution is -0.121. The van der Waals surface area contributed by atoms with E-state index in [9.17, 15) is 9.90 Å². The van der Waals surface area contributed by atoms with Gasteiger partial charge in [0.1, 0.15) is 0 Å². The van der Waals surface area contributed by atoms with Crippen molar-refractivity contribution in [3.63, 3.8) is 0 Å². The Bertz CT molecular complexity index is 162. The first-order chi connectivity index (χ1) is 6.22. The number of carbonyl (C=O) groups is 1. The van der Waals surface area contributed by atoms with Gasteiger partial charge in [0.2, 0.25) is 5.91 Å². The average molecular weight is 185 g/mol. The van der Waals surface area contributed by atoms with Crippen LogP contribution in [0.1, 0.15) is 39.0 Å². The fraction of sp³-hybridized carbons (Fsp3) is 0.900. The standard InChI is InChI=1S/C10H19NO2/c1-2-10(13)11-7-8-3-5-9(12)6-4-8/h8-9,12H,2-7H2,1H3,(H,11,13). The zero-order chi connectivity index (χ0) is 9.68. The van der Waals surface area contributed by atoms with E-state index in [0.717, 1.165) is 32.2 Å². The van der Waals surface area contributed by atoms with Gasteiger partial charge in [0.05, 0.1) is 6.10 Å². The molecule has 0 bridgehead atoms. The van der Waals surface area contributed by atoms with E-state index in [-0.39, 0.29) is 12.0 Å². The molecule has 1 rings (SSSR count). The summed E-state index contributed by atoms with van der Waals surface area (Å²) in [6.07, 6.45) is 4.35. The summed E-state index contributed by atoms with van der Waals surface area (Å²) in [5, 5.41) is 12.2.